The summed E-state index contributed by atoms with van der Waals surface area (Å²) >= 11 is 1.56. The number of thiophene rings is 1. The monoisotopic (exact) mass is 446 g/mol. The van der Waals surface area contributed by atoms with Gasteiger partial charge < -0.3 is 15.7 Å². The van der Waals surface area contributed by atoms with Crippen LogP contribution in [0.4, 0.5) is 0 Å². The van der Waals surface area contributed by atoms with E-state index in [1.807, 2.05) is 30.3 Å². The highest BCUT2D eigenvalue weighted by Gasteiger charge is 2.20. The van der Waals surface area contributed by atoms with Crippen molar-refractivity contribution in [2.45, 2.75) is 17.5 Å². The van der Waals surface area contributed by atoms with Crippen molar-refractivity contribution in [2.24, 2.45) is 4.99 Å². The van der Waals surface area contributed by atoms with Crippen molar-refractivity contribution in [1.29, 1.82) is 0 Å². The number of fused-ring (bicyclic) bond motifs is 1. The molecule has 9 heteroatoms. The fourth-order valence-electron chi connectivity index (χ4n) is 2.96. The molecule has 0 saturated carbocycles. The number of nitrogens with one attached hydrogen (secondary N) is 2. The lowest BCUT2D eigenvalue weighted by atomic mass is 10.2. The lowest BCUT2D eigenvalue weighted by molar-refractivity contribution is 0.184. The van der Waals surface area contributed by atoms with Crippen LogP contribution in [0.5, 0.6) is 0 Å². The van der Waals surface area contributed by atoms with Crippen molar-refractivity contribution in [3.63, 3.8) is 0 Å². The van der Waals surface area contributed by atoms with Crippen LogP contribution in [-0.4, -0.2) is 51.5 Å². The van der Waals surface area contributed by atoms with Gasteiger partial charge in [0.25, 0.3) is 0 Å². The Morgan fingerprint density at radius 1 is 1.13 bits per heavy atom. The molecule has 0 bridgehead atoms. The SMILES string of the molecule is CN=C(NCc1ccccc1S(=O)(=O)N(C)C)NCC(O)c1cc2ccccc2s1. The van der Waals surface area contributed by atoms with Gasteiger partial charge in [-0.3, -0.25) is 4.99 Å². The Labute approximate surface area is 181 Å². The molecular weight excluding hydrogens is 420 g/mol. The average molecular weight is 447 g/mol. The highest BCUT2D eigenvalue weighted by atomic mass is 32.2. The van der Waals surface area contributed by atoms with Crippen molar-refractivity contribution in [2.75, 3.05) is 27.7 Å². The molecule has 2 aromatic carbocycles. The molecule has 160 valence electrons. The summed E-state index contributed by atoms with van der Waals surface area (Å²) in [6, 6.07) is 16.9. The highest BCUT2D eigenvalue weighted by molar-refractivity contribution is 7.89. The van der Waals surface area contributed by atoms with Crippen LogP contribution in [0, 0.1) is 0 Å². The first-order chi connectivity index (χ1) is 14.3. The largest absolute Gasteiger partial charge is 0.386 e. The Morgan fingerprint density at radius 2 is 1.83 bits per heavy atom. The summed E-state index contributed by atoms with van der Waals surface area (Å²) in [5, 5.41) is 17.9. The van der Waals surface area contributed by atoms with E-state index in [1.165, 1.54) is 18.4 Å². The Kier molecular flexibility index (Phi) is 7.09. The molecule has 0 aliphatic heterocycles. The van der Waals surface area contributed by atoms with Gasteiger partial charge >= 0.3 is 0 Å². The number of sulfonamides is 1. The van der Waals surface area contributed by atoms with Crippen LogP contribution < -0.4 is 10.6 Å². The van der Waals surface area contributed by atoms with Crippen molar-refractivity contribution >= 4 is 37.4 Å². The molecule has 0 radical (unpaired) electrons. The number of nitrogens with zero attached hydrogens (tertiary/aromatic N) is 2. The zero-order valence-electron chi connectivity index (χ0n) is 17.2. The van der Waals surface area contributed by atoms with Crippen LogP contribution in [0.3, 0.4) is 0 Å². The van der Waals surface area contributed by atoms with Crippen molar-refractivity contribution in [3.05, 3.63) is 65.0 Å². The smallest absolute Gasteiger partial charge is 0.242 e. The van der Waals surface area contributed by atoms with Gasteiger partial charge in [-0.1, -0.05) is 36.4 Å². The van der Waals surface area contributed by atoms with Gasteiger partial charge in [-0.05, 0) is 29.1 Å². The normalized spacial score (nSPS) is 13.6. The minimum Gasteiger partial charge on any atom is -0.386 e. The second-order valence-electron chi connectivity index (χ2n) is 6.90. The molecule has 0 fully saturated rings. The van der Waals surface area contributed by atoms with Crippen LogP contribution in [0.15, 0.2) is 64.5 Å². The molecule has 1 atom stereocenters. The van der Waals surface area contributed by atoms with Crippen LogP contribution in [0.25, 0.3) is 10.1 Å². The van der Waals surface area contributed by atoms with E-state index in [0.717, 1.165) is 15.0 Å². The first kappa shape index (κ1) is 22.2. The zero-order valence-corrected chi connectivity index (χ0v) is 18.8. The number of benzene rings is 2. The summed E-state index contributed by atoms with van der Waals surface area (Å²) in [5.74, 6) is 0.479. The summed E-state index contributed by atoms with van der Waals surface area (Å²) in [6.45, 7) is 0.562. The van der Waals surface area contributed by atoms with Gasteiger partial charge in [0, 0.05) is 43.8 Å². The third-order valence-electron chi connectivity index (χ3n) is 4.64. The molecule has 30 heavy (non-hydrogen) atoms. The summed E-state index contributed by atoms with van der Waals surface area (Å²) in [7, 11) is 1.10. The molecule has 3 aromatic rings. The molecular formula is C21H26N4O3S2. The van der Waals surface area contributed by atoms with E-state index in [1.54, 1.807) is 42.6 Å². The third-order valence-corrected chi connectivity index (χ3v) is 7.77. The van der Waals surface area contributed by atoms with Gasteiger partial charge in [0.2, 0.25) is 10.0 Å². The minimum atomic E-state index is -3.54. The maximum Gasteiger partial charge on any atom is 0.242 e. The highest BCUT2D eigenvalue weighted by Crippen LogP contribution is 2.29. The zero-order chi connectivity index (χ0) is 21.7. The molecule has 0 amide bonds. The lowest BCUT2D eigenvalue weighted by Gasteiger charge is -2.17. The minimum absolute atomic E-state index is 0.253. The maximum atomic E-state index is 12.5. The summed E-state index contributed by atoms with van der Waals surface area (Å²) in [6.07, 6.45) is -0.678. The molecule has 7 nitrogen and oxygen atoms in total. The number of hydrogen-bond donors (Lipinski definition) is 3. The van der Waals surface area contributed by atoms with Gasteiger partial charge in [0.1, 0.15) is 6.10 Å². The molecule has 0 spiro atoms. The molecule has 3 N–H and O–H groups in total. The number of aliphatic imine (C=N–C) groups is 1. The summed E-state index contributed by atoms with van der Waals surface area (Å²) < 4.78 is 27.4. The number of aliphatic hydroxyl groups excluding tert-OH is 1. The number of guanidine groups is 1. The Bertz CT molecular complexity index is 1110. The number of hydrogen-bond acceptors (Lipinski definition) is 5. The maximum absolute atomic E-state index is 12.5. The third kappa shape index (κ3) is 4.99. The average Bonchev–Trinajstić information content (AvgIpc) is 3.18. The molecule has 0 aliphatic rings. The second kappa shape index (κ2) is 9.57. The van der Waals surface area contributed by atoms with Gasteiger partial charge in [0.05, 0.1) is 4.90 Å². The van der Waals surface area contributed by atoms with Gasteiger partial charge in [-0.2, -0.15) is 0 Å². The van der Waals surface area contributed by atoms with E-state index in [-0.39, 0.29) is 18.0 Å². The summed E-state index contributed by atoms with van der Waals surface area (Å²) in [5.41, 5.74) is 0.638. The van der Waals surface area contributed by atoms with Crippen LogP contribution in [-0.2, 0) is 16.6 Å². The Morgan fingerprint density at radius 3 is 2.53 bits per heavy atom. The van der Waals surface area contributed by atoms with Crippen LogP contribution >= 0.6 is 11.3 Å². The number of rotatable bonds is 7. The lowest BCUT2D eigenvalue weighted by Crippen LogP contribution is -2.39. The topological polar surface area (TPSA) is 94.0 Å². The molecule has 0 saturated heterocycles. The Balaban J connectivity index is 1.63. The van der Waals surface area contributed by atoms with E-state index in [4.69, 9.17) is 0 Å². The first-order valence-corrected chi connectivity index (χ1v) is 11.7. The second-order valence-corrected chi connectivity index (χ2v) is 10.1. The van der Waals surface area contributed by atoms with Crippen molar-refractivity contribution < 1.29 is 13.5 Å². The predicted octanol–water partition coefficient (Wildman–Crippen LogP) is 2.55. The first-order valence-electron chi connectivity index (χ1n) is 9.44. The number of aliphatic hydroxyl groups is 1. The van der Waals surface area contributed by atoms with E-state index >= 15 is 0 Å². The molecule has 0 aliphatic carbocycles. The standard InChI is InChI=1S/C21H26N4O3S2/c1-22-21(23-13-16-9-5-7-11-20(16)30(27,28)25(2)3)24-14-17(26)19-12-15-8-4-6-10-18(15)29-19/h4-12,17,26H,13-14H2,1-3H3,(H2,22,23,24). The summed E-state index contributed by atoms with van der Waals surface area (Å²) in [4.78, 5) is 5.29. The van der Waals surface area contributed by atoms with Crippen molar-refractivity contribution in [3.8, 4) is 0 Å². The molecule has 1 heterocycles. The quantitative estimate of drug-likeness (QED) is 0.383. The predicted molar refractivity (Wildman–Crippen MR) is 122 cm³/mol. The van der Waals surface area contributed by atoms with Crippen LogP contribution in [0.1, 0.15) is 16.5 Å². The van der Waals surface area contributed by atoms with E-state index in [9.17, 15) is 13.5 Å². The van der Waals surface area contributed by atoms with Gasteiger partial charge in [0.15, 0.2) is 5.96 Å². The molecule has 3 rings (SSSR count). The fourth-order valence-corrected chi connectivity index (χ4v) is 5.12. The fraction of sp³-hybridized carbons (Fsp3) is 0.286. The molecule has 1 aromatic heterocycles. The van der Waals surface area contributed by atoms with Crippen molar-refractivity contribution in [1.82, 2.24) is 14.9 Å². The van der Waals surface area contributed by atoms with Gasteiger partial charge in [-0.25, -0.2) is 12.7 Å². The Hall–Kier alpha value is -2.46. The van der Waals surface area contributed by atoms with E-state index in [2.05, 4.69) is 15.6 Å². The van der Waals surface area contributed by atoms with Crippen LogP contribution in [0.2, 0.25) is 0 Å². The molecule has 1 unspecified atom stereocenters. The van der Waals surface area contributed by atoms with E-state index in [0.29, 0.717) is 11.5 Å². The van der Waals surface area contributed by atoms with Gasteiger partial charge in [-0.15, -0.1) is 11.3 Å². The van der Waals surface area contributed by atoms with E-state index < -0.39 is 16.1 Å².